The van der Waals surface area contributed by atoms with Crippen molar-refractivity contribution in [1.82, 2.24) is 9.88 Å². The second kappa shape index (κ2) is 8.26. The number of nitrogens with zero attached hydrogens (tertiary/aromatic N) is 3. The van der Waals surface area contributed by atoms with Crippen LogP contribution >= 0.6 is 0 Å². The van der Waals surface area contributed by atoms with Crippen LogP contribution in [0.5, 0.6) is 0 Å². The maximum absolute atomic E-state index is 11.4. The van der Waals surface area contributed by atoms with Gasteiger partial charge in [0, 0.05) is 18.4 Å². The fourth-order valence-electron chi connectivity index (χ4n) is 2.14. The number of carbonyl (C=O) groups is 1. The van der Waals surface area contributed by atoms with E-state index in [4.69, 9.17) is 0 Å². The normalized spacial score (nSPS) is 14.2. The highest BCUT2D eigenvalue weighted by Gasteiger charge is 2.35. The second-order valence-corrected chi connectivity index (χ2v) is 5.46. The zero-order valence-corrected chi connectivity index (χ0v) is 13.6. The summed E-state index contributed by atoms with van der Waals surface area (Å²) in [5.41, 5.74) is 1.67. The highest BCUT2D eigenvalue weighted by atomic mass is 16.6. The van der Waals surface area contributed by atoms with E-state index in [-0.39, 0.29) is 29.8 Å². The van der Waals surface area contributed by atoms with Crippen LogP contribution in [0, 0.1) is 10.1 Å². The molecule has 0 radical (unpaired) electrons. The van der Waals surface area contributed by atoms with Crippen molar-refractivity contribution < 1.29 is 9.72 Å². The van der Waals surface area contributed by atoms with E-state index in [2.05, 4.69) is 24.0 Å². The molecule has 2 heterocycles. The van der Waals surface area contributed by atoms with Crippen molar-refractivity contribution in [3.05, 3.63) is 51.5 Å². The van der Waals surface area contributed by atoms with Crippen LogP contribution in [0.2, 0.25) is 0 Å². The van der Waals surface area contributed by atoms with Gasteiger partial charge in [0.25, 0.3) is 11.6 Å². The maximum atomic E-state index is 11.4. The number of carbonyl (C=O) groups excluding carboxylic acids is 1. The van der Waals surface area contributed by atoms with Gasteiger partial charge in [0.1, 0.15) is 6.54 Å². The Hall–Kier alpha value is -2.24. The van der Waals surface area contributed by atoms with Gasteiger partial charge in [0.05, 0.1) is 10.5 Å². The average molecular weight is 305 g/mol. The molecule has 0 aliphatic carbocycles. The van der Waals surface area contributed by atoms with Crippen LogP contribution in [0.15, 0.2) is 35.8 Å². The Morgan fingerprint density at radius 2 is 1.95 bits per heavy atom. The molecule has 1 aromatic heterocycles. The minimum Gasteiger partial charge on any atom is -0.326 e. The molecule has 120 valence electrons. The molecule has 22 heavy (non-hydrogen) atoms. The van der Waals surface area contributed by atoms with E-state index in [1.165, 1.54) is 30.2 Å². The van der Waals surface area contributed by atoms with Crippen LogP contribution < -0.4 is 0 Å². The molecule has 0 N–H and O–H groups in total. The van der Waals surface area contributed by atoms with Gasteiger partial charge in [-0.3, -0.25) is 19.9 Å². The molecule has 0 saturated heterocycles. The molecule has 6 heteroatoms. The van der Waals surface area contributed by atoms with Gasteiger partial charge in [0.15, 0.2) is 0 Å². The van der Waals surface area contributed by atoms with Crippen molar-refractivity contribution in [3.8, 4) is 0 Å². The lowest BCUT2D eigenvalue weighted by atomic mass is 10.2. The zero-order valence-electron chi connectivity index (χ0n) is 13.6. The van der Waals surface area contributed by atoms with E-state index < -0.39 is 4.92 Å². The Bertz CT molecular complexity index is 553. The van der Waals surface area contributed by atoms with Gasteiger partial charge in [0.2, 0.25) is 0 Å². The number of pyridine rings is 1. The van der Waals surface area contributed by atoms with Crippen LogP contribution in [0.25, 0.3) is 0 Å². The second-order valence-electron chi connectivity index (χ2n) is 5.46. The van der Waals surface area contributed by atoms with Gasteiger partial charge in [-0.2, -0.15) is 0 Å². The lowest BCUT2D eigenvalue weighted by molar-refractivity contribution is -0.427. The summed E-state index contributed by atoms with van der Waals surface area (Å²) < 4.78 is 0. The number of rotatable bonds is 4. The monoisotopic (exact) mass is 305 g/mol. The van der Waals surface area contributed by atoms with Crippen molar-refractivity contribution in [2.45, 2.75) is 46.6 Å². The van der Waals surface area contributed by atoms with Gasteiger partial charge in [-0.05, 0) is 44.9 Å². The van der Waals surface area contributed by atoms with Gasteiger partial charge < -0.3 is 4.90 Å². The van der Waals surface area contributed by atoms with Crippen molar-refractivity contribution >= 4 is 5.91 Å². The summed E-state index contributed by atoms with van der Waals surface area (Å²) in [6.45, 7) is 7.50. The van der Waals surface area contributed by atoms with Crippen LogP contribution in [0.1, 0.15) is 39.7 Å². The molecule has 2 rings (SSSR count). The van der Waals surface area contributed by atoms with Crippen molar-refractivity contribution in [2.24, 2.45) is 0 Å². The van der Waals surface area contributed by atoms with Crippen LogP contribution in [-0.2, 0) is 11.2 Å². The predicted molar refractivity (Wildman–Crippen MR) is 84.8 cm³/mol. The molecular weight excluding hydrogens is 282 g/mol. The molecule has 1 amide bonds. The standard InChI is InChI=1S/C8H12N2O3.C8H11N/c1-5(2)9-4-7(10(12)13)6(3)8(9)11;1-2-3-8-4-6-9-7-5-8/h5H,4H2,1-3H3;4-7H,2-3H2,1H3. The molecule has 0 unspecified atom stereocenters. The Labute approximate surface area is 131 Å². The Morgan fingerprint density at radius 3 is 2.32 bits per heavy atom. The highest BCUT2D eigenvalue weighted by molar-refractivity contribution is 5.96. The molecule has 1 aromatic rings. The third-order valence-electron chi connectivity index (χ3n) is 3.47. The molecule has 0 atom stereocenters. The van der Waals surface area contributed by atoms with E-state index in [1.54, 1.807) is 0 Å². The van der Waals surface area contributed by atoms with E-state index in [1.807, 2.05) is 26.2 Å². The molecule has 0 saturated carbocycles. The minimum atomic E-state index is -0.477. The lowest BCUT2D eigenvalue weighted by Gasteiger charge is -2.19. The van der Waals surface area contributed by atoms with Crippen molar-refractivity contribution in [3.63, 3.8) is 0 Å². The molecule has 0 bridgehead atoms. The summed E-state index contributed by atoms with van der Waals surface area (Å²) in [6.07, 6.45) is 6.06. The smallest absolute Gasteiger partial charge is 0.273 e. The molecule has 6 nitrogen and oxygen atoms in total. The SMILES string of the molecule is CC1=C([N+](=O)[O-])CN(C(C)C)C1=O.CCCc1ccncc1. The van der Waals surface area contributed by atoms with E-state index in [0.717, 1.165) is 0 Å². The number of hydrogen-bond acceptors (Lipinski definition) is 4. The Morgan fingerprint density at radius 1 is 1.36 bits per heavy atom. The first-order chi connectivity index (χ1) is 10.4. The molecule has 1 aliphatic heterocycles. The predicted octanol–water partition coefficient (Wildman–Crippen LogP) is 2.82. The first kappa shape index (κ1) is 17.8. The van der Waals surface area contributed by atoms with E-state index >= 15 is 0 Å². The third kappa shape index (κ3) is 4.65. The first-order valence-electron chi connectivity index (χ1n) is 7.42. The summed E-state index contributed by atoms with van der Waals surface area (Å²) in [4.78, 5) is 26.9. The van der Waals surface area contributed by atoms with E-state index in [0.29, 0.717) is 0 Å². The summed E-state index contributed by atoms with van der Waals surface area (Å²) in [5, 5.41) is 10.5. The minimum absolute atomic E-state index is 0.0138. The van der Waals surface area contributed by atoms with Crippen molar-refractivity contribution in [2.75, 3.05) is 6.54 Å². The molecular formula is C16H23N3O3. The molecule has 1 aliphatic rings. The third-order valence-corrected chi connectivity index (χ3v) is 3.47. The van der Waals surface area contributed by atoms with Crippen LogP contribution in [0.4, 0.5) is 0 Å². The zero-order chi connectivity index (χ0) is 16.7. The van der Waals surface area contributed by atoms with Gasteiger partial charge in [-0.15, -0.1) is 0 Å². The molecule has 0 aromatic carbocycles. The van der Waals surface area contributed by atoms with Gasteiger partial charge in [-0.1, -0.05) is 13.3 Å². The number of amides is 1. The average Bonchev–Trinajstić information content (AvgIpc) is 2.78. The highest BCUT2D eigenvalue weighted by Crippen LogP contribution is 2.20. The number of nitro groups is 1. The summed E-state index contributed by atoms with van der Waals surface area (Å²) >= 11 is 0. The first-order valence-corrected chi connectivity index (χ1v) is 7.42. The number of aryl methyl sites for hydroxylation is 1. The van der Waals surface area contributed by atoms with Crippen LogP contribution in [-0.4, -0.2) is 33.3 Å². The quantitative estimate of drug-likeness (QED) is 0.633. The lowest BCUT2D eigenvalue weighted by Crippen LogP contribution is -2.33. The largest absolute Gasteiger partial charge is 0.326 e. The Balaban J connectivity index is 0.000000235. The topological polar surface area (TPSA) is 76.3 Å². The fourth-order valence-corrected chi connectivity index (χ4v) is 2.14. The molecule has 0 spiro atoms. The summed E-state index contributed by atoms with van der Waals surface area (Å²) in [7, 11) is 0. The fraction of sp³-hybridized carbons (Fsp3) is 0.500. The van der Waals surface area contributed by atoms with Crippen LogP contribution in [0.3, 0.4) is 0 Å². The number of aromatic nitrogens is 1. The number of hydrogen-bond donors (Lipinski definition) is 0. The van der Waals surface area contributed by atoms with Gasteiger partial charge in [-0.25, -0.2) is 0 Å². The van der Waals surface area contributed by atoms with Crippen molar-refractivity contribution in [1.29, 1.82) is 0 Å². The molecule has 0 fully saturated rings. The summed E-state index contributed by atoms with van der Waals surface area (Å²) in [6, 6.07) is 4.13. The summed E-state index contributed by atoms with van der Waals surface area (Å²) in [5.74, 6) is -0.221. The van der Waals surface area contributed by atoms with E-state index in [9.17, 15) is 14.9 Å². The Kier molecular flexibility index (Phi) is 6.69. The maximum Gasteiger partial charge on any atom is 0.273 e. The van der Waals surface area contributed by atoms with Gasteiger partial charge >= 0.3 is 0 Å².